The summed E-state index contributed by atoms with van der Waals surface area (Å²) in [6.45, 7) is 0.366. The molecule has 0 bridgehead atoms. The van der Waals surface area contributed by atoms with Crippen molar-refractivity contribution in [3.8, 4) is 0 Å². The zero-order valence-electron chi connectivity index (χ0n) is 11.4. The van der Waals surface area contributed by atoms with Crippen molar-refractivity contribution < 1.29 is 19.1 Å². The molecule has 3 rings (SSSR count). The Balaban J connectivity index is 1.89. The summed E-state index contributed by atoms with van der Waals surface area (Å²) in [5, 5.41) is 9.22. The van der Waals surface area contributed by atoms with Crippen LogP contribution < -0.4 is 0 Å². The van der Waals surface area contributed by atoms with Crippen molar-refractivity contribution in [3.05, 3.63) is 59.5 Å². The third kappa shape index (κ3) is 2.81. The van der Waals surface area contributed by atoms with E-state index in [4.69, 9.17) is 4.42 Å². The van der Waals surface area contributed by atoms with Crippen molar-refractivity contribution >= 4 is 11.9 Å². The summed E-state index contributed by atoms with van der Waals surface area (Å²) in [5.41, 5.74) is 0.260. The Hall–Kier alpha value is -2.56. The Labute approximate surface area is 121 Å². The van der Waals surface area contributed by atoms with Crippen LogP contribution in [0.25, 0.3) is 0 Å². The molecule has 0 unspecified atom stereocenters. The van der Waals surface area contributed by atoms with Crippen molar-refractivity contribution in [2.45, 2.75) is 25.4 Å². The monoisotopic (exact) mass is 285 g/mol. The van der Waals surface area contributed by atoms with Gasteiger partial charge < -0.3 is 14.4 Å². The molecule has 0 atom stereocenters. The van der Waals surface area contributed by atoms with Gasteiger partial charge in [-0.15, -0.1) is 0 Å². The molecule has 108 valence electrons. The number of nitrogens with zero attached hydrogens (tertiary/aromatic N) is 1. The number of benzene rings is 1. The van der Waals surface area contributed by atoms with Gasteiger partial charge in [-0.3, -0.25) is 4.79 Å². The lowest BCUT2D eigenvalue weighted by atomic mass is 10.1. The smallest absolute Gasteiger partial charge is 0.336 e. The lowest BCUT2D eigenvalue weighted by Crippen LogP contribution is -2.33. The average Bonchev–Trinajstić information content (AvgIpc) is 3.20. The first-order chi connectivity index (χ1) is 10.2. The Bertz CT molecular complexity index is 659. The van der Waals surface area contributed by atoms with Crippen LogP contribution in [0.5, 0.6) is 0 Å². The van der Waals surface area contributed by atoms with Crippen LogP contribution in [0.1, 0.15) is 39.3 Å². The van der Waals surface area contributed by atoms with E-state index >= 15 is 0 Å². The number of carboxylic acids is 1. The molecule has 1 aromatic carbocycles. The molecule has 1 N–H and O–H groups in total. The van der Waals surface area contributed by atoms with Gasteiger partial charge >= 0.3 is 5.97 Å². The van der Waals surface area contributed by atoms with Crippen molar-refractivity contribution in [2.24, 2.45) is 0 Å². The van der Waals surface area contributed by atoms with E-state index in [1.54, 1.807) is 35.4 Å². The van der Waals surface area contributed by atoms with Gasteiger partial charge in [0.1, 0.15) is 5.76 Å². The first-order valence-electron chi connectivity index (χ1n) is 6.82. The van der Waals surface area contributed by atoms with Gasteiger partial charge in [0, 0.05) is 6.04 Å². The van der Waals surface area contributed by atoms with E-state index in [9.17, 15) is 14.7 Å². The minimum absolute atomic E-state index is 0.0348. The summed E-state index contributed by atoms with van der Waals surface area (Å²) in [4.78, 5) is 25.7. The van der Waals surface area contributed by atoms with Crippen LogP contribution in [-0.4, -0.2) is 27.9 Å². The van der Waals surface area contributed by atoms with Gasteiger partial charge in [-0.1, -0.05) is 12.1 Å². The quantitative estimate of drug-likeness (QED) is 0.917. The van der Waals surface area contributed by atoms with Gasteiger partial charge in [-0.2, -0.15) is 0 Å². The second-order valence-corrected chi connectivity index (χ2v) is 5.09. The lowest BCUT2D eigenvalue weighted by molar-refractivity contribution is 0.0664. The summed E-state index contributed by atoms with van der Waals surface area (Å²) in [6.07, 6.45) is 3.46. The summed E-state index contributed by atoms with van der Waals surface area (Å²) < 4.78 is 5.30. The van der Waals surface area contributed by atoms with Crippen molar-refractivity contribution in [1.82, 2.24) is 4.90 Å². The number of carbonyl (C=O) groups is 2. The predicted molar refractivity (Wildman–Crippen MR) is 75.0 cm³/mol. The van der Waals surface area contributed by atoms with Crippen LogP contribution in [0.3, 0.4) is 0 Å². The lowest BCUT2D eigenvalue weighted by Gasteiger charge is -2.22. The highest BCUT2D eigenvalue weighted by Crippen LogP contribution is 2.30. The number of amides is 1. The predicted octanol–water partition coefficient (Wildman–Crippen LogP) is 2.78. The van der Waals surface area contributed by atoms with E-state index < -0.39 is 5.97 Å². The Kier molecular flexibility index (Phi) is 3.48. The number of carbonyl (C=O) groups excluding carboxylic acids is 1. The molecule has 1 heterocycles. The van der Waals surface area contributed by atoms with Gasteiger partial charge in [0.15, 0.2) is 0 Å². The number of carboxylic acid groups (broad SMARTS) is 1. The van der Waals surface area contributed by atoms with Crippen LogP contribution in [0.2, 0.25) is 0 Å². The van der Waals surface area contributed by atoms with Crippen LogP contribution in [0.15, 0.2) is 47.1 Å². The van der Waals surface area contributed by atoms with Gasteiger partial charge in [0.05, 0.1) is 23.9 Å². The molecule has 1 amide bonds. The highest BCUT2D eigenvalue weighted by Gasteiger charge is 2.34. The number of furan rings is 1. The summed E-state index contributed by atoms with van der Waals surface area (Å²) in [7, 11) is 0. The van der Waals surface area contributed by atoms with Crippen LogP contribution in [0, 0.1) is 0 Å². The molecule has 0 aliphatic heterocycles. The fourth-order valence-corrected chi connectivity index (χ4v) is 2.33. The molecule has 21 heavy (non-hydrogen) atoms. The normalized spacial score (nSPS) is 13.9. The molecule has 5 nitrogen and oxygen atoms in total. The molecule has 0 radical (unpaired) electrons. The minimum atomic E-state index is -1.09. The Morgan fingerprint density at radius 2 is 1.86 bits per heavy atom. The molecule has 1 aliphatic rings. The number of hydrogen-bond acceptors (Lipinski definition) is 3. The van der Waals surface area contributed by atoms with E-state index in [2.05, 4.69) is 0 Å². The Morgan fingerprint density at radius 1 is 1.14 bits per heavy atom. The molecular formula is C16H15NO4. The fraction of sp³-hybridized carbons (Fsp3) is 0.250. The summed E-state index contributed by atoms with van der Waals surface area (Å²) >= 11 is 0. The first-order valence-corrected chi connectivity index (χ1v) is 6.82. The number of aromatic carboxylic acids is 1. The van der Waals surface area contributed by atoms with Gasteiger partial charge in [0.25, 0.3) is 5.91 Å². The topological polar surface area (TPSA) is 70.8 Å². The van der Waals surface area contributed by atoms with E-state index in [0.717, 1.165) is 12.8 Å². The van der Waals surface area contributed by atoms with E-state index in [1.807, 2.05) is 6.07 Å². The maximum absolute atomic E-state index is 12.7. The zero-order chi connectivity index (χ0) is 14.8. The van der Waals surface area contributed by atoms with E-state index in [-0.39, 0.29) is 23.1 Å². The van der Waals surface area contributed by atoms with E-state index in [1.165, 1.54) is 6.07 Å². The highest BCUT2D eigenvalue weighted by molar-refractivity contribution is 6.04. The molecule has 1 aromatic heterocycles. The second-order valence-electron chi connectivity index (χ2n) is 5.09. The van der Waals surface area contributed by atoms with Gasteiger partial charge in [-0.05, 0) is 37.1 Å². The molecule has 1 fully saturated rings. The minimum Gasteiger partial charge on any atom is -0.478 e. The van der Waals surface area contributed by atoms with Crippen molar-refractivity contribution in [1.29, 1.82) is 0 Å². The number of rotatable bonds is 5. The van der Waals surface area contributed by atoms with Crippen LogP contribution >= 0.6 is 0 Å². The van der Waals surface area contributed by atoms with E-state index in [0.29, 0.717) is 12.3 Å². The molecule has 2 aromatic rings. The largest absolute Gasteiger partial charge is 0.478 e. The zero-order valence-corrected chi connectivity index (χ0v) is 11.4. The number of hydrogen-bond donors (Lipinski definition) is 1. The molecule has 1 aliphatic carbocycles. The van der Waals surface area contributed by atoms with Crippen LogP contribution in [0.4, 0.5) is 0 Å². The molecular weight excluding hydrogens is 270 g/mol. The molecule has 0 spiro atoms. The molecule has 1 saturated carbocycles. The fourth-order valence-electron chi connectivity index (χ4n) is 2.33. The standard InChI is InChI=1S/C16H15NO4/c18-15(13-5-1-2-6-14(13)16(19)20)17(11-7-8-11)10-12-4-3-9-21-12/h1-6,9,11H,7-8,10H2,(H,19,20). The maximum Gasteiger partial charge on any atom is 0.336 e. The summed E-state index contributed by atoms with van der Waals surface area (Å²) in [6, 6.07) is 10.1. The maximum atomic E-state index is 12.7. The van der Waals surface area contributed by atoms with Crippen molar-refractivity contribution in [3.63, 3.8) is 0 Å². The second kappa shape index (κ2) is 5.44. The molecule has 0 saturated heterocycles. The van der Waals surface area contributed by atoms with Gasteiger partial charge in [0.2, 0.25) is 0 Å². The highest BCUT2D eigenvalue weighted by atomic mass is 16.4. The summed E-state index contributed by atoms with van der Waals surface area (Å²) in [5.74, 6) is -0.650. The first kappa shape index (κ1) is 13.4. The van der Waals surface area contributed by atoms with Gasteiger partial charge in [-0.25, -0.2) is 4.79 Å². The van der Waals surface area contributed by atoms with Crippen molar-refractivity contribution in [2.75, 3.05) is 0 Å². The third-order valence-corrected chi connectivity index (χ3v) is 3.54. The average molecular weight is 285 g/mol. The third-order valence-electron chi connectivity index (χ3n) is 3.54. The SMILES string of the molecule is O=C(O)c1ccccc1C(=O)N(Cc1ccco1)C1CC1. The van der Waals surface area contributed by atoms with Crippen LogP contribution in [-0.2, 0) is 6.54 Å². The molecule has 5 heteroatoms. The Morgan fingerprint density at radius 3 is 2.43 bits per heavy atom.